The maximum atomic E-state index is 12.3. The van der Waals surface area contributed by atoms with Gasteiger partial charge in [0.2, 0.25) is 5.91 Å². The number of hydrogen-bond donors (Lipinski definition) is 3. The first-order valence-electron chi connectivity index (χ1n) is 7.27. The number of halogens is 1. The minimum absolute atomic E-state index is 0.00544. The Balaban J connectivity index is 1.64. The highest BCUT2D eigenvalue weighted by molar-refractivity contribution is 9.11. The number of carbonyl (C=O) groups excluding carboxylic acids is 1. The Kier molecular flexibility index (Phi) is 4.81. The molecular weight excluding hydrogens is 362 g/mol. The molecule has 0 saturated heterocycles. The molecule has 1 aliphatic heterocycles. The van der Waals surface area contributed by atoms with E-state index in [9.17, 15) is 4.79 Å². The second-order valence-electron chi connectivity index (χ2n) is 5.38. The van der Waals surface area contributed by atoms with Crippen LogP contribution < -0.4 is 16.4 Å². The molecule has 3 rings (SSSR count). The Hall–Kier alpha value is -1.37. The Morgan fingerprint density at radius 3 is 3.00 bits per heavy atom. The number of carbonyl (C=O) groups is 1. The molecule has 1 aliphatic rings. The van der Waals surface area contributed by atoms with Crippen molar-refractivity contribution in [2.45, 2.75) is 18.8 Å². The molecule has 22 heavy (non-hydrogen) atoms. The van der Waals surface area contributed by atoms with E-state index in [0.717, 1.165) is 27.3 Å². The smallest absolute Gasteiger partial charge is 0.225 e. The number of anilines is 2. The standard InChI is InChI=1S/C16H18BrN3OS/c17-15-4-3-14(22-15)11(9-18)8-16(21)20-12-1-2-13-10(7-12)5-6-19-13/h1-4,7,11,19H,5-6,8-9,18H2,(H,20,21). The molecule has 1 aromatic heterocycles. The molecule has 1 unspecified atom stereocenters. The molecule has 0 fully saturated rings. The Morgan fingerprint density at radius 1 is 1.41 bits per heavy atom. The third kappa shape index (κ3) is 3.51. The summed E-state index contributed by atoms with van der Waals surface area (Å²) >= 11 is 5.08. The third-order valence-corrected chi connectivity index (χ3v) is 5.60. The average Bonchev–Trinajstić information content (AvgIpc) is 3.13. The van der Waals surface area contributed by atoms with Crippen molar-refractivity contribution in [2.24, 2.45) is 5.73 Å². The number of nitrogens with two attached hydrogens (primary N) is 1. The molecule has 1 atom stereocenters. The molecule has 4 N–H and O–H groups in total. The van der Waals surface area contributed by atoms with Gasteiger partial charge < -0.3 is 16.4 Å². The van der Waals surface area contributed by atoms with Crippen LogP contribution in [0.25, 0.3) is 0 Å². The van der Waals surface area contributed by atoms with E-state index in [-0.39, 0.29) is 11.8 Å². The molecule has 2 aromatic rings. The van der Waals surface area contributed by atoms with Crippen LogP contribution in [0.3, 0.4) is 0 Å². The lowest BCUT2D eigenvalue weighted by Crippen LogP contribution is -2.20. The van der Waals surface area contributed by atoms with Crippen LogP contribution in [-0.4, -0.2) is 19.0 Å². The fourth-order valence-electron chi connectivity index (χ4n) is 2.67. The first-order chi connectivity index (χ1) is 10.7. The summed E-state index contributed by atoms with van der Waals surface area (Å²) in [6, 6.07) is 10.0. The van der Waals surface area contributed by atoms with Gasteiger partial charge in [-0.05, 0) is 58.2 Å². The predicted octanol–water partition coefficient (Wildman–Crippen LogP) is 3.55. The molecule has 1 aromatic carbocycles. The van der Waals surface area contributed by atoms with Crippen molar-refractivity contribution in [1.29, 1.82) is 0 Å². The monoisotopic (exact) mass is 379 g/mol. The highest BCUT2D eigenvalue weighted by Crippen LogP contribution is 2.30. The molecule has 0 bridgehead atoms. The summed E-state index contributed by atoms with van der Waals surface area (Å²) in [7, 11) is 0. The fraction of sp³-hybridized carbons (Fsp3) is 0.312. The number of rotatable bonds is 5. The summed E-state index contributed by atoms with van der Waals surface area (Å²) in [5, 5.41) is 6.30. The van der Waals surface area contributed by atoms with Gasteiger partial charge in [-0.1, -0.05) is 0 Å². The van der Waals surface area contributed by atoms with Gasteiger partial charge in [-0.3, -0.25) is 4.79 Å². The van der Waals surface area contributed by atoms with Crippen molar-refractivity contribution in [3.63, 3.8) is 0 Å². The largest absolute Gasteiger partial charge is 0.384 e. The quantitative estimate of drug-likeness (QED) is 0.743. The fourth-order valence-corrected chi connectivity index (χ4v) is 4.20. The lowest BCUT2D eigenvalue weighted by Gasteiger charge is -2.13. The molecule has 6 heteroatoms. The second kappa shape index (κ2) is 6.81. The van der Waals surface area contributed by atoms with E-state index in [1.54, 1.807) is 11.3 Å². The van der Waals surface area contributed by atoms with Crippen LogP contribution in [0.4, 0.5) is 11.4 Å². The van der Waals surface area contributed by atoms with E-state index in [1.165, 1.54) is 11.3 Å². The van der Waals surface area contributed by atoms with Crippen LogP contribution >= 0.6 is 27.3 Å². The zero-order valence-corrected chi connectivity index (χ0v) is 14.5. The van der Waals surface area contributed by atoms with Gasteiger partial charge in [-0.2, -0.15) is 0 Å². The minimum atomic E-state index is 0.00544. The van der Waals surface area contributed by atoms with Crippen LogP contribution in [0.5, 0.6) is 0 Å². The molecule has 2 heterocycles. The second-order valence-corrected chi connectivity index (χ2v) is 7.87. The van der Waals surface area contributed by atoms with Gasteiger partial charge in [0.05, 0.1) is 3.79 Å². The SMILES string of the molecule is NCC(CC(=O)Nc1ccc2c(c1)CCN2)c1ccc(Br)s1. The van der Waals surface area contributed by atoms with Crippen LogP contribution in [-0.2, 0) is 11.2 Å². The summed E-state index contributed by atoms with van der Waals surface area (Å²) in [4.78, 5) is 13.4. The zero-order valence-electron chi connectivity index (χ0n) is 12.1. The van der Waals surface area contributed by atoms with E-state index in [0.29, 0.717) is 13.0 Å². The van der Waals surface area contributed by atoms with Gasteiger partial charge in [0.15, 0.2) is 0 Å². The summed E-state index contributed by atoms with van der Waals surface area (Å²) in [6.45, 7) is 1.43. The molecule has 116 valence electrons. The van der Waals surface area contributed by atoms with E-state index >= 15 is 0 Å². The van der Waals surface area contributed by atoms with Crippen LogP contribution in [0.15, 0.2) is 34.1 Å². The zero-order chi connectivity index (χ0) is 15.5. The number of benzene rings is 1. The molecule has 1 amide bonds. The average molecular weight is 380 g/mol. The predicted molar refractivity (Wildman–Crippen MR) is 95.7 cm³/mol. The van der Waals surface area contributed by atoms with E-state index in [2.05, 4.69) is 26.6 Å². The van der Waals surface area contributed by atoms with E-state index < -0.39 is 0 Å². The summed E-state index contributed by atoms with van der Waals surface area (Å²) in [5.74, 6) is 0.0678. The number of hydrogen-bond acceptors (Lipinski definition) is 4. The van der Waals surface area contributed by atoms with Crippen molar-refractivity contribution in [3.8, 4) is 0 Å². The summed E-state index contributed by atoms with van der Waals surface area (Å²) < 4.78 is 1.06. The Labute approximate surface area is 142 Å². The normalized spacial score (nSPS) is 14.3. The number of amides is 1. The summed E-state index contributed by atoms with van der Waals surface area (Å²) in [5.41, 5.74) is 9.12. The summed E-state index contributed by atoms with van der Waals surface area (Å²) in [6.07, 6.45) is 1.41. The van der Waals surface area contributed by atoms with Crippen LogP contribution in [0.2, 0.25) is 0 Å². The highest BCUT2D eigenvalue weighted by Gasteiger charge is 2.17. The van der Waals surface area contributed by atoms with Gasteiger partial charge in [0, 0.05) is 41.7 Å². The maximum absolute atomic E-state index is 12.3. The molecule has 0 radical (unpaired) electrons. The van der Waals surface area contributed by atoms with Crippen molar-refractivity contribution in [2.75, 3.05) is 23.7 Å². The molecule has 0 saturated carbocycles. The third-order valence-electron chi connectivity index (χ3n) is 3.81. The lowest BCUT2D eigenvalue weighted by atomic mass is 10.0. The van der Waals surface area contributed by atoms with Crippen molar-refractivity contribution >= 4 is 44.5 Å². The maximum Gasteiger partial charge on any atom is 0.225 e. The molecule has 0 aliphatic carbocycles. The minimum Gasteiger partial charge on any atom is -0.384 e. The first kappa shape index (κ1) is 15.5. The topological polar surface area (TPSA) is 67.2 Å². The van der Waals surface area contributed by atoms with Crippen LogP contribution in [0.1, 0.15) is 22.8 Å². The van der Waals surface area contributed by atoms with Gasteiger partial charge in [0.1, 0.15) is 0 Å². The lowest BCUT2D eigenvalue weighted by molar-refractivity contribution is -0.116. The first-order valence-corrected chi connectivity index (χ1v) is 8.88. The van der Waals surface area contributed by atoms with E-state index in [1.807, 2.05) is 30.3 Å². The highest BCUT2D eigenvalue weighted by atomic mass is 79.9. The van der Waals surface area contributed by atoms with Crippen molar-refractivity contribution in [1.82, 2.24) is 0 Å². The number of nitrogens with one attached hydrogen (secondary N) is 2. The van der Waals surface area contributed by atoms with Crippen molar-refractivity contribution < 1.29 is 4.79 Å². The van der Waals surface area contributed by atoms with Crippen molar-refractivity contribution in [3.05, 3.63) is 44.6 Å². The van der Waals surface area contributed by atoms with Gasteiger partial charge in [-0.15, -0.1) is 11.3 Å². The van der Waals surface area contributed by atoms with E-state index in [4.69, 9.17) is 5.73 Å². The Bertz CT molecular complexity index is 686. The van der Waals surface area contributed by atoms with Gasteiger partial charge in [-0.25, -0.2) is 0 Å². The van der Waals surface area contributed by atoms with Gasteiger partial charge in [0.25, 0.3) is 0 Å². The van der Waals surface area contributed by atoms with Crippen LogP contribution in [0, 0.1) is 0 Å². The number of thiophene rings is 1. The van der Waals surface area contributed by atoms with Gasteiger partial charge >= 0.3 is 0 Å². The molecular formula is C16H18BrN3OS. The molecule has 0 spiro atoms. The Morgan fingerprint density at radius 2 is 2.27 bits per heavy atom. The molecule has 4 nitrogen and oxygen atoms in total. The number of fused-ring (bicyclic) bond motifs is 1.